The predicted molar refractivity (Wildman–Crippen MR) is 42.3 cm³/mol. The van der Waals surface area contributed by atoms with Crippen molar-refractivity contribution in [2.75, 3.05) is 0 Å². The molecule has 0 saturated heterocycles. The molecule has 0 atom stereocenters. The van der Waals surface area contributed by atoms with Crippen molar-refractivity contribution in [1.82, 2.24) is 35.2 Å². The van der Waals surface area contributed by atoms with Gasteiger partial charge in [-0.3, -0.25) is 0 Å². The Morgan fingerprint density at radius 2 is 2.38 bits per heavy atom. The van der Waals surface area contributed by atoms with Gasteiger partial charge in [0.05, 0.1) is 12.7 Å². The summed E-state index contributed by atoms with van der Waals surface area (Å²) in [4.78, 5) is 1.41. The van der Waals surface area contributed by atoms with Gasteiger partial charge >= 0.3 is 0 Å². The van der Waals surface area contributed by atoms with Crippen molar-refractivity contribution in [2.45, 2.75) is 13.5 Å². The van der Waals surface area contributed by atoms with Crippen LogP contribution in [-0.2, 0) is 6.54 Å². The van der Waals surface area contributed by atoms with E-state index in [-0.39, 0.29) is 0 Å². The third-order valence-corrected chi connectivity index (χ3v) is 1.48. The Morgan fingerprint density at radius 3 is 3.00 bits per heavy atom. The lowest BCUT2D eigenvalue weighted by atomic mass is 10.6. The highest BCUT2D eigenvalue weighted by Gasteiger charge is 2.02. The Morgan fingerprint density at radius 1 is 1.46 bits per heavy atom. The van der Waals surface area contributed by atoms with Crippen LogP contribution in [0.15, 0.2) is 12.4 Å². The van der Waals surface area contributed by atoms with Crippen LogP contribution in [0.3, 0.4) is 0 Å². The molecule has 67 valence electrons. The molecule has 2 aromatic heterocycles. The van der Waals surface area contributed by atoms with Crippen molar-refractivity contribution in [3.63, 3.8) is 0 Å². The van der Waals surface area contributed by atoms with Gasteiger partial charge in [0.2, 0.25) is 0 Å². The minimum atomic E-state index is 0.494. The Hall–Kier alpha value is -1.79. The third kappa shape index (κ3) is 1.68. The van der Waals surface area contributed by atoms with Crippen LogP contribution in [0.2, 0.25) is 0 Å². The van der Waals surface area contributed by atoms with Gasteiger partial charge in [0.25, 0.3) is 0 Å². The van der Waals surface area contributed by atoms with Gasteiger partial charge in [0, 0.05) is 6.20 Å². The molecular formula is C6H8N7. The summed E-state index contributed by atoms with van der Waals surface area (Å²) in [5, 5.41) is 19.1. The zero-order valence-corrected chi connectivity index (χ0v) is 7.07. The van der Waals surface area contributed by atoms with E-state index in [9.17, 15) is 0 Å². The molecule has 0 aliphatic rings. The molecule has 0 spiro atoms. The van der Waals surface area contributed by atoms with Crippen molar-refractivity contribution >= 4 is 0 Å². The smallest absolute Gasteiger partial charge is 0.196 e. The number of nitrogens with zero attached hydrogens (tertiary/aromatic N) is 7. The molecule has 0 amide bonds. The third-order valence-electron chi connectivity index (χ3n) is 1.48. The number of hydrogen-bond donors (Lipinski definition) is 0. The first kappa shape index (κ1) is 7.84. The zero-order valence-electron chi connectivity index (χ0n) is 7.07. The summed E-state index contributed by atoms with van der Waals surface area (Å²) < 4.78 is 1.64. The van der Waals surface area contributed by atoms with Crippen molar-refractivity contribution in [1.29, 1.82) is 0 Å². The summed E-state index contributed by atoms with van der Waals surface area (Å²) in [6, 6.07) is 0. The molecule has 2 rings (SSSR count). The average molecular weight is 178 g/mol. The van der Waals surface area contributed by atoms with E-state index in [1.54, 1.807) is 23.6 Å². The second-order valence-corrected chi connectivity index (χ2v) is 2.38. The van der Waals surface area contributed by atoms with E-state index in [0.717, 1.165) is 0 Å². The summed E-state index contributed by atoms with van der Waals surface area (Å²) in [7, 11) is 0. The summed E-state index contributed by atoms with van der Waals surface area (Å²) in [6.07, 6.45) is 3.35. The fourth-order valence-corrected chi connectivity index (χ4v) is 0.890. The molecule has 0 aliphatic heterocycles. The van der Waals surface area contributed by atoms with Gasteiger partial charge in [0.15, 0.2) is 5.82 Å². The Labute approximate surface area is 74.4 Å². The molecule has 0 saturated carbocycles. The Bertz CT molecular complexity index is 362. The maximum atomic E-state index is 4.05. The molecule has 2 heterocycles. The van der Waals surface area contributed by atoms with E-state index < -0.39 is 0 Å². The van der Waals surface area contributed by atoms with Crippen LogP contribution < -0.4 is 0 Å². The fourth-order valence-electron chi connectivity index (χ4n) is 0.890. The maximum Gasteiger partial charge on any atom is 0.196 e. The van der Waals surface area contributed by atoms with E-state index in [1.165, 1.54) is 4.80 Å². The standard InChI is InChI=1S/C6H8N7/c1-2-13-9-6(8-11-13)5-12-4-3-7-10-12/h2-4H,5H2,1H3. The van der Waals surface area contributed by atoms with E-state index in [0.29, 0.717) is 12.4 Å². The number of rotatable bonds is 3. The molecule has 13 heavy (non-hydrogen) atoms. The molecule has 7 heteroatoms. The molecule has 7 nitrogen and oxygen atoms in total. The quantitative estimate of drug-likeness (QED) is 0.624. The first-order valence-electron chi connectivity index (χ1n) is 3.80. The molecule has 0 unspecified atom stereocenters. The predicted octanol–water partition coefficient (Wildman–Crippen LogP) is -0.657. The normalized spacial score (nSPS) is 10.5. The monoisotopic (exact) mass is 178 g/mol. The van der Waals surface area contributed by atoms with Crippen LogP contribution in [0.4, 0.5) is 0 Å². The summed E-state index contributed by atoms with van der Waals surface area (Å²) in [6.45, 7) is 4.05. The lowest BCUT2D eigenvalue weighted by Gasteiger charge is -1.91. The van der Waals surface area contributed by atoms with Crippen LogP contribution in [0.1, 0.15) is 12.7 Å². The second kappa shape index (κ2) is 3.30. The van der Waals surface area contributed by atoms with Crippen molar-refractivity contribution in [2.24, 2.45) is 0 Å². The second-order valence-electron chi connectivity index (χ2n) is 2.38. The zero-order chi connectivity index (χ0) is 9.10. The minimum absolute atomic E-state index is 0.494. The molecule has 0 fully saturated rings. The minimum Gasteiger partial charge on any atom is -0.245 e. The van der Waals surface area contributed by atoms with Gasteiger partial charge < -0.3 is 0 Å². The Kier molecular flexibility index (Phi) is 1.99. The molecular weight excluding hydrogens is 170 g/mol. The van der Waals surface area contributed by atoms with E-state index in [4.69, 9.17) is 0 Å². The summed E-state index contributed by atoms with van der Waals surface area (Å²) in [5.41, 5.74) is 0. The molecule has 0 aromatic carbocycles. The highest BCUT2D eigenvalue weighted by Crippen LogP contribution is 1.91. The average Bonchev–Trinajstić information content (AvgIpc) is 2.76. The fraction of sp³-hybridized carbons (Fsp3) is 0.333. The van der Waals surface area contributed by atoms with Gasteiger partial charge in [-0.05, 0) is 12.1 Å². The van der Waals surface area contributed by atoms with Crippen LogP contribution in [-0.4, -0.2) is 35.2 Å². The van der Waals surface area contributed by atoms with Crippen molar-refractivity contribution in [3.05, 3.63) is 24.8 Å². The lowest BCUT2D eigenvalue weighted by Crippen LogP contribution is -2.03. The van der Waals surface area contributed by atoms with Gasteiger partial charge in [0.1, 0.15) is 6.54 Å². The van der Waals surface area contributed by atoms with Gasteiger partial charge in [-0.25, -0.2) is 4.68 Å². The first-order valence-corrected chi connectivity index (χ1v) is 3.80. The number of tetrazole rings is 1. The molecule has 0 bridgehead atoms. The largest absolute Gasteiger partial charge is 0.245 e. The van der Waals surface area contributed by atoms with E-state index in [1.807, 2.05) is 6.92 Å². The topological polar surface area (TPSA) is 74.3 Å². The number of hydrogen-bond acceptors (Lipinski definition) is 5. The summed E-state index contributed by atoms with van der Waals surface area (Å²) in [5.74, 6) is 0.614. The van der Waals surface area contributed by atoms with Crippen LogP contribution in [0.5, 0.6) is 0 Å². The van der Waals surface area contributed by atoms with E-state index in [2.05, 4.69) is 25.7 Å². The molecule has 0 aliphatic carbocycles. The van der Waals surface area contributed by atoms with Crippen molar-refractivity contribution in [3.8, 4) is 0 Å². The van der Waals surface area contributed by atoms with E-state index >= 15 is 0 Å². The first-order chi connectivity index (χ1) is 6.38. The van der Waals surface area contributed by atoms with Crippen LogP contribution in [0.25, 0.3) is 0 Å². The van der Waals surface area contributed by atoms with Gasteiger partial charge in [-0.1, -0.05) is 5.21 Å². The van der Waals surface area contributed by atoms with Crippen molar-refractivity contribution < 1.29 is 0 Å². The summed E-state index contributed by atoms with van der Waals surface area (Å²) >= 11 is 0. The van der Waals surface area contributed by atoms with Crippen LogP contribution in [0, 0.1) is 6.54 Å². The number of aromatic nitrogens is 7. The van der Waals surface area contributed by atoms with Crippen LogP contribution >= 0.6 is 0 Å². The highest BCUT2D eigenvalue weighted by atomic mass is 15.6. The van der Waals surface area contributed by atoms with Gasteiger partial charge in [-0.15, -0.1) is 15.3 Å². The lowest BCUT2D eigenvalue weighted by molar-refractivity contribution is 0.618. The molecule has 2 aromatic rings. The Balaban J connectivity index is 2.10. The highest BCUT2D eigenvalue weighted by molar-refractivity contribution is 4.80. The maximum absolute atomic E-state index is 4.05. The van der Waals surface area contributed by atoms with Gasteiger partial charge in [-0.2, -0.15) is 4.80 Å². The SMILES string of the molecule is C[CH]n1nnc(Cn2ccnn2)n1. The molecule has 0 N–H and O–H groups in total. The molecule has 1 radical (unpaired) electrons.